The van der Waals surface area contributed by atoms with Crippen molar-refractivity contribution in [3.05, 3.63) is 34.9 Å². The Morgan fingerprint density at radius 1 is 1.13 bits per heavy atom. The van der Waals surface area contributed by atoms with Gasteiger partial charge in [0.25, 0.3) is 11.8 Å². The topological polar surface area (TPSA) is 117 Å². The van der Waals surface area contributed by atoms with Crippen LogP contribution in [0.25, 0.3) is 0 Å². The van der Waals surface area contributed by atoms with Gasteiger partial charge in [0.1, 0.15) is 6.04 Å². The van der Waals surface area contributed by atoms with Crippen molar-refractivity contribution in [1.29, 1.82) is 0 Å². The summed E-state index contributed by atoms with van der Waals surface area (Å²) in [6, 6.07) is 4.21. The summed E-state index contributed by atoms with van der Waals surface area (Å²) >= 11 is 0. The number of piperidine rings is 1. The SMILES string of the molecule is O=C1CCC(N2C(=O)c3ccc(CNCC4CNC5(CCC5)CO4)cc3C2=O)C(=O)N1. The van der Waals surface area contributed by atoms with E-state index < -0.39 is 23.8 Å². The number of benzene rings is 1. The molecule has 1 aliphatic carbocycles. The molecule has 164 valence electrons. The summed E-state index contributed by atoms with van der Waals surface area (Å²) in [6.07, 6.45) is 4.00. The van der Waals surface area contributed by atoms with E-state index in [0.717, 1.165) is 23.6 Å². The first-order valence-electron chi connectivity index (χ1n) is 10.9. The molecule has 9 nitrogen and oxygen atoms in total. The van der Waals surface area contributed by atoms with Crippen molar-refractivity contribution in [3.8, 4) is 0 Å². The van der Waals surface area contributed by atoms with Crippen LogP contribution in [0.2, 0.25) is 0 Å². The molecule has 3 aliphatic heterocycles. The fourth-order valence-electron chi connectivity index (χ4n) is 4.78. The monoisotopic (exact) mass is 426 g/mol. The maximum absolute atomic E-state index is 12.9. The largest absolute Gasteiger partial charge is 0.374 e. The van der Waals surface area contributed by atoms with E-state index in [1.54, 1.807) is 12.1 Å². The van der Waals surface area contributed by atoms with Crippen LogP contribution < -0.4 is 16.0 Å². The minimum Gasteiger partial charge on any atom is -0.374 e. The number of ether oxygens (including phenoxy) is 1. The summed E-state index contributed by atoms with van der Waals surface area (Å²) in [5.74, 6) is -1.95. The Morgan fingerprint density at radius 3 is 2.61 bits per heavy atom. The second kappa shape index (κ2) is 7.81. The van der Waals surface area contributed by atoms with Gasteiger partial charge in [-0.1, -0.05) is 6.07 Å². The van der Waals surface area contributed by atoms with Gasteiger partial charge in [-0.2, -0.15) is 0 Å². The Morgan fingerprint density at radius 2 is 1.94 bits per heavy atom. The molecule has 5 rings (SSSR count). The van der Waals surface area contributed by atoms with Gasteiger partial charge in [-0.05, 0) is 43.4 Å². The number of nitrogens with zero attached hydrogens (tertiary/aromatic N) is 1. The molecule has 4 aliphatic rings. The van der Waals surface area contributed by atoms with Crippen LogP contribution in [-0.4, -0.2) is 65.9 Å². The Balaban J connectivity index is 1.19. The van der Waals surface area contributed by atoms with Crippen molar-refractivity contribution in [2.24, 2.45) is 0 Å². The summed E-state index contributed by atoms with van der Waals surface area (Å²) in [7, 11) is 0. The number of hydrogen-bond acceptors (Lipinski definition) is 7. The zero-order valence-electron chi connectivity index (χ0n) is 17.2. The van der Waals surface area contributed by atoms with Crippen molar-refractivity contribution >= 4 is 23.6 Å². The fraction of sp³-hybridized carbons (Fsp3) is 0.545. The van der Waals surface area contributed by atoms with Crippen molar-refractivity contribution in [1.82, 2.24) is 20.9 Å². The van der Waals surface area contributed by atoms with Crippen LogP contribution in [0.15, 0.2) is 18.2 Å². The van der Waals surface area contributed by atoms with Crippen LogP contribution in [-0.2, 0) is 20.9 Å². The molecule has 2 unspecified atom stereocenters. The number of imide groups is 2. The number of nitrogens with one attached hydrogen (secondary N) is 3. The second-order valence-electron chi connectivity index (χ2n) is 8.91. The summed E-state index contributed by atoms with van der Waals surface area (Å²) in [4.78, 5) is 50.2. The highest BCUT2D eigenvalue weighted by molar-refractivity contribution is 6.23. The molecular formula is C22H26N4O5. The highest BCUT2D eigenvalue weighted by Crippen LogP contribution is 2.34. The average molecular weight is 426 g/mol. The number of rotatable bonds is 5. The molecule has 3 N–H and O–H groups in total. The predicted molar refractivity (Wildman–Crippen MR) is 109 cm³/mol. The second-order valence-corrected chi connectivity index (χ2v) is 8.91. The Labute approximate surface area is 179 Å². The molecule has 1 spiro atoms. The number of carbonyl (C=O) groups is 4. The van der Waals surface area contributed by atoms with E-state index in [0.29, 0.717) is 24.2 Å². The molecule has 9 heteroatoms. The number of hydrogen-bond donors (Lipinski definition) is 3. The molecule has 0 bridgehead atoms. The Kier molecular flexibility index (Phi) is 5.11. The molecule has 3 fully saturated rings. The van der Waals surface area contributed by atoms with Gasteiger partial charge in [-0.25, -0.2) is 0 Å². The van der Waals surface area contributed by atoms with Gasteiger partial charge in [0.15, 0.2) is 0 Å². The molecule has 0 aromatic heterocycles. The minimum absolute atomic E-state index is 0.104. The molecule has 1 aromatic rings. The smallest absolute Gasteiger partial charge is 0.262 e. The van der Waals surface area contributed by atoms with Crippen LogP contribution >= 0.6 is 0 Å². The van der Waals surface area contributed by atoms with Crippen LogP contribution in [0.3, 0.4) is 0 Å². The third-order valence-corrected chi connectivity index (χ3v) is 6.82. The molecule has 2 saturated heterocycles. The van der Waals surface area contributed by atoms with Crippen LogP contribution in [0.4, 0.5) is 0 Å². The highest BCUT2D eigenvalue weighted by Gasteiger charge is 2.44. The maximum Gasteiger partial charge on any atom is 0.262 e. The first kappa shape index (κ1) is 20.3. The fourth-order valence-corrected chi connectivity index (χ4v) is 4.78. The summed E-state index contributed by atoms with van der Waals surface area (Å²) in [5.41, 5.74) is 1.68. The molecule has 1 saturated carbocycles. The summed E-state index contributed by atoms with van der Waals surface area (Å²) in [5, 5.41) is 9.18. The molecule has 2 atom stereocenters. The lowest BCUT2D eigenvalue weighted by atomic mass is 9.76. The van der Waals surface area contributed by atoms with Gasteiger partial charge < -0.3 is 15.4 Å². The van der Waals surface area contributed by atoms with Gasteiger partial charge in [0, 0.05) is 31.6 Å². The van der Waals surface area contributed by atoms with Crippen LogP contribution in [0, 0.1) is 0 Å². The molecule has 31 heavy (non-hydrogen) atoms. The average Bonchev–Trinajstić information content (AvgIpc) is 2.98. The number of morpholine rings is 1. The normalized spacial score (nSPS) is 27.3. The predicted octanol–water partition coefficient (Wildman–Crippen LogP) is 0.0885. The molecule has 4 amide bonds. The summed E-state index contributed by atoms with van der Waals surface area (Å²) < 4.78 is 5.99. The Hall–Kier alpha value is -2.62. The molecule has 0 radical (unpaired) electrons. The van der Waals surface area contributed by atoms with Crippen molar-refractivity contribution < 1.29 is 23.9 Å². The number of fused-ring (bicyclic) bond motifs is 1. The van der Waals surface area contributed by atoms with Gasteiger partial charge in [0.05, 0.1) is 23.8 Å². The van der Waals surface area contributed by atoms with E-state index in [2.05, 4.69) is 16.0 Å². The first-order valence-corrected chi connectivity index (χ1v) is 10.9. The quantitative estimate of drug-likeness (QED) is 0.571. The zero-order chi connectivity index (χ0) is 21.6. The van der Waals surface area contributed by atoms with E-state index in [1.807, 2.05) is 6.07 Å². The maximum atomic E-state index is 12.9. The van der Waals surface area contributed by atoms with E-state index in [4.69, 9.17) is 4.74 Å². The zero-order valence-corrected chi connectivity index (χ0v) is 17.2. The lowest BCUT2D eigenvalue weighted by molar-refractivity contribution is -0.136. The molecular weight excluding hydrogens is 400 g/mol. The van der Waals surface area contributed by atoms with Gasteiger partial charge in [0.2, 0.25) is 11.8 Å². The third-order valence-electron chi connectivity index (χ3n) is 6.82. The Bertz CT molecular complexity index is 947. The molecule has 3 heterocycles. The number of carbonyl (C=O) groups excluding carboxylic acids is 4. The van der Waals surface area contributed by atoms with Gasteiger partial charge in [-0.15, -0.1) is 0 Å². The lowest BCUT2D eigenvalue weighted by Crippen LogP contribution is -2.62. The first-order chi connectivity index (χ1) is 15.0. The lowest BCUT2D eigenvalue weighted by Gasteiger charge is -2.47. The molecule has 1 aromatic carbocycles. The van der Waals surface area contributed by atoms with E-state index in [1.165, 1.54) is 19.3 Å². The van der Waals surface area contributed by atoms with E-state index >= 15 is 0 Å². The van der Waals surface area contributed by atoms with E-state index in [-0.39, 0.29) is 30.4 Å². The minimum atomic E-state index is -0.943. The van der Waals surface area contributed by atoms with Crippen LogP contribution in [0.5, 0.6) is 0 Å². The van der Waals surface area contributed by atoms with Crippen molar-refractivity contribution in [2.75, 3.05) is 19.7 Å². The van der Waals surface area contributed by atoms with Crippen LogP contribution in [0.1, 0.15) is 58.4 Å². The summed E-state index contributed by atoms with van der Waals surface area (Å²) in [6.45, 7) is 2.81. The van der Waals surface area contributed by atoms with Gasteiger partial charge >= 0.3 is 0 Å². The highest BCUT2D eigenvalue weighted by atomic mass is 16.5. The van der Waals surface area contributed by atoms with E-state index in [9.17, 15) is 19.2 Å². The van der Waals surface area contributed by atoms with Crippen molar-refractivity contribution in [2.45, 2.75) is 56.3 Å². The van der Waals surface area contributed by atoms with Crippen molar-refractivity contribution in [3.63, 3.8) is 0 Å². The standard InChI is InChI=1S/C22H26N4O5/c27-18-5-4-17(19(28)25-18)26-20(29)15-3-2-13(8-16(15)21(26)30)9-23-10-14-11-24-22(12-31-14)6-1-7-22/h2-3,8,14,17,23-24H,1,4-7,9-12H2,(H,25,27,28). The number of amides is 4. The van der Waals surface area contributed by atoms with Gasteiger partial charge in [-0.3, -0.25) is 29.4 Å². The third kappa shape index (κ3) is 3.66.